The van der Waals surface area contributed by atoms with Gasteiger partial charge >= 0.3 is 0 Å². The summed E-state index contributed by atoms with van der Waals surface area (Å²) in [6.07, 6.45) is 1.83. The van der Waals surface area contributed by atoms with Crippen molar-refractivity contribution in [3.8, 4) is 11.1 Å². The van der Waals surface area contributed by atoms with Crippen LogP contribution in [0.25, 0.3) is 33.1 Å². The number of hydrazine groups is 1. The summed E-state index contributed by atoms with van der Waals surface area (Å²) >= 11 is 0. The molecular formula is C17H14N4. The minimum atomic E-state index is 0.886. The predicted octanol–water partition coefficient (Wildman–Crippen LogP) is 3.67. The summed E-state index contributed by atoms with van der Waals surface area (Å²) in [4.78, 5) is 7.82. The molecule has 2 heterocycles. The molecule has 0 saturated carbocycles. The number of aromatic amines is 1. The fourth-order valence-electron chi connectivity index (χ4n) is 2.78. The number of nitrogens with two attached hydrogens (primary N) is 1. The van der Waals surface area contributed by atoms with E-state index in [9.17, 15) is 0 Å². The van der Waals surface area contributed by atoms with E-state index < -0.39 is 0 Å². The molecule has 0 radical (unpaired) electrons. The number of rotatable bonds is 2. The average molecular weight is 274 g/mol. The zero-order chi connectivity index (χ0) is 14.2. The fraction of sp³-hybridized carbons (Fsp3) is 0. The molecule has 4 rings (SSSR count). The smallest absolute Gasteiger partial charge is 0.138 e. The van der Waals surface area contributed by atoms with Gasteiger partial charge in [0.2, 0.25) is 0 Å². The van der Waals surface area contributed by atoms with Crippen LogP contribution >= 0.6 is 0 Å². The maximum Gasteiger partial charge on any atom is 0.138 e. The lowest BCUT2D eigenvalue weighted by molar-refractivity contribution is 1.34. The maximum atomic E-state index is 5.51. The molecule has 2 aromatic carbocycles. The fourth-order valence-corrected chi connectivity index (χ4v) is 2.78. The van der Waals surface area contributed by atoms with Crippen LogP contribution in [0.15, 0.2) is 60.8 Å². The molecule has 4 N–H and O–H groups in total. The molecule has 2 aromatic heterocycles. The summed E-state index contributed by atoms with van der Waals surface area (Å²) < 4.78 is 0. The first-order valence-corrected chi connectivity index (χ1v) is 6.79. The second-order valence-corrected chi connectivity index (χ2v) is 4.98. The highest BCUT2D eigenvalue weighted by Crippen LogP contribution is 2.34. The molecule has 0 aliphatic heterocycles. The summed E-state index contributed by atoms with van der Waals surface area (Å²) in [6.45, 7) is 0. The number of benzene rings is 2. The van der Waals surface area contributed by atoms with Crippen LogP contribution in [-0.4, -0.2) is 9.97 Å². The second kappa shape index (κ2) is 4.61. The van der Waals surface area contributed by atoms with E-state index in [0.29, 0.717) is 0 Å². The first kappa shape index (κ1) is 11.9. The molecule has 4 nitrogen and oxygen atoms in total. The molecular weight excluding hydrogens is 260 g/mol. The highest BCUT2D eigenvalue weighted by Gasteiger charge is 2.10. The quantitative estimate of drug-likeness (QED) is 0.386. The summed E-state index contributed by atoms with van der Waals surface area (Å²) in [6, 6.07) is 18.3. The number of anilines is 1. The van der Waals surface area contributed by atoms with Gasteiger partial charge < -0.3 is 10.4 Å². The van der Waals surface area contributed by atoms with Crippen LogP contribution in [0.4, 0.5) is 5.69 Å². The summed E-state index contributed by atoms with van der Waals surface area (Å²) in [5.74, 6) is 5.51. The summed E-state index contributed by atoms with van der Waals surface area (Å²) in [5, 5.41) is 2.32. The Balaban J connectivity index is 2.08. The van der Waals surface area contributed by atoms with E-state index in [4.69, 9.17) is 5.84 Å². The zero-order valence-corrected chi connectivity index (χ0v) is 11.3. The first-order valence-electron chi connectivity index (χ1n) is 6.79. The van der Waals surface area contributed by atoms with E-state index >= 15 is 0 Å². The Morgan fingerprint density at radius 3 is 2.81 bits per heavy atom. The normalized spacial score (nSPS) is 11.1. The number of hydrogen-bond donors (Lipinski definition) is 3. The van der Waals surface area contributed by atoms with Crippen molar-refractivity contribution in [2.75, 3.05) is 5.43 Å². The van der Waals surface area contributed by atoms with Gasteiger partial charge in [0.15, 0.2) is 0 Å². The van der Waals surface area contributed by atoms with Crippen molar-refractivity contribution in [1.82, 2.24) is 9.97 Å². The van der Waals surface area contributed by atoms with E-state index in [-0.39, 0.29) is 0 Å². The summed E-state index contributed by atoms with van der Waals surface area (Å²) in [5.41, 5.74) is 7.84. The molecule has 21 heavy (non-hydrogen) atoms. The van der Waals surface area contributed by atoms with Gasteiger partial charge in [-0.1, -0.05) is 30.3 Å². The largest absolute Gasteiger partial charge is 0.339 e. The predicted molar refractivity (Wildman–Crippen MR) is 86.8 cm³/mol. The first-order chi connectivity index (χ1) is 10.4. The number of para-hydroxylation sites is 1. The third kappa shape index (κ3) is 1.85. The lowest BCUT2D eigenvalue weighted by Gasteiger charge is -2.06. The van der Waals surface area contributed by atoms with E-state index in [1.165, 1.54) is 5.39 Å². The minimum absolute atomic E-state index is 0.886. The highest BCUT2D eigenvalue weighted by molar-refractivity contribution is 6.12. The molecule has 0 unspecified atom stereocenters. The SMILES string of the molecule is NNc1cccc(-c2ccnc3[nH]c4ccccc4c23)c1. The van der Waals surface area contributed by atoms with E-state index in [0.717, 1.165) is 33.4 Å². The number of nitrogen functional groups attached to an aromatic ring is 1. The number of aromatic nitrogens is 2. The Hall–Kier alpha value is -2.85. The van der Waals surface area contributed by atoms with Gasteiger partial charge in [0, 0.05) is 28.2 Å². The van der Waals surface area contributed by atoms with Crippen LogP contribution in [0, 0.1) is 0 Å². The third-order valence-electron chi connectivity index (χ3n) is 3.74. The van der Waals surface area contributed by atoms with Gasteiger partial charge in [0.05, 0.1) is 0 Å². The lowest BCUT2D eigenvalue weighted by atomic mass is 10.0. The number of pyridine rings is 1. The van der Waals surface area contributed by atoms with E-state index in [2.05, 4.69) is 33.6 Å². The van der Waals surface area contributed by atoms with Crippen LogP contribution in [0.3, 0.4) is 0 Å². The Morgan fingerprint density at radius 1 is 1.00 bits per heavy atom. The third-order valence-corrected chi connectivity index (χ3v) is 3.74. The monoisotopic (exact) mass is 274 g/mol. The van der Waals surface area contributed by atoms with Gasteiger partial charge in [-0.3, -0.25) is 5.84 Å². The zero-order valence-electron chi connectivity index (χ0n) is 11.3. The molecule has 4 heteroatoms. The Labute approximate surface area is 121 Å². The van der Waals surface area contributed by atoms with Crippen LogP contribution in [-0.2, 0) is 0 Å². The van der Waals surface area contributed by atoms with Crippen molar-refractivity contribution in [2.24, 2.45) is 5.84 Å². The van der Waals surface area contributed by atoms with Gasteiger partial charge in [0.25, 0.3) is 0 Å². The number of H-pyrrole nitrogens is 1. The summed E-state index contributed by atoms with van der Waals surface area (Å²) in [7, 11) is 0. The average Bonchev–Trinajstić information content (AvgIpc) is 2.93. The minimum Gasteiger partial charge on any atom is -0.339 e. The molecule has 0 fully saturated rings. The molecule has 102 valence electrons. The number of hydrogen-bond acceptors (Lipinski definition) is 3. The van der Waals surface area contributed by atoms with Gasteiger partial charge in [0.1, 0.15) is 5.65 Å². The molecule has 4 aromatic rings. The number of nitrogens with zero attached hydrogens (tertiary/aromatic N) is 1. The Kier molecular flexibility index (Phi) is 2.62. The van der Waals surface area contributed by atoms with Gasteiger partial charge in [-0.2, -0.15) is 0 Å². The Bertz CT molecular complexity index is 940. The van der Waals surface area contributed by atoms with Crippen LogP contribution in [0.2, 0.25) is 0 Å². The van der Waals surface area contributed by atoms with Crippen LogP contribution < -0.4 is 11.3 Å². The van der Waals surface area contributed by atoms with Gasteiger partial charge in [-0.25, -0.2) is 4.98 Å². The van der Waals surface area contributed by atoms with E-state index in [1.54, 1.807) is 0 Å². The standard InChI is InChI=1S/C17H14N4/c18-21-12-5-3-4-11(10-12)13-8-9-19-17-16(13)14-6-1-2-7-15(14)20-17/h1-10,21H,18H2,(H,19,20). The molecule has 0 aliphatic carbocycles. The van der Waals surface area contributed by atoms with Crippen molar-refractivity contribution < 1.29 is 0 Å². The van der Waals surface area contributed by atoms with E-state index in [1.807, 2.05) is 42.6 Å². The van der Waals surface area contributed by atoms with Gasteiger partial charge in [-0.15, -0.1) is 0 Å². The van der Waals surface area contributed by atoms with Crippen molar-refractivity contribution in [3.63, 3.8) is 0 Å². The number of fused-ring (bicyclic) bond motifs is 3. The van der Waals surface area contributed by atoms with Crippen molar-refractivity contribution in [2.45, 2.75) is 0 Å². The molecule has 0 aliphatic rings. The number of nitrogens with one attached hydrogen (secondary N) is 2. The molecule has 0 bridgehead atoms. The van der Waals surface area contributed by atoms with Crippen molar-refractivity contribution in [3.05, 3.63) is 60.8 Å². The molecule has 0 amide bonds. The van der Waals surface area contributed by atoms with Crippen molar-refractivity contribution in [1.29, 1.82) is 0 Å². The maximum absolute atomic E-state index is 5.51. The van der Waals surface area contributed by atoms with Crippen LogP contribution in [0.5, 0.6) is 0 Å². The topological polar surface area (TPSA) is 66.7 Å². The molecule has 0 saturated heterocycles. The highest BCUT2D eigenvalue weighted by atomic mass is 15.2. The second-order valence-electron chi connectivity index (χ2n) is 4.98. The van der Waals surface area contributed by atoms with Crippen molar-refractivity contribution >= 4 is 27.6 Å². The lowest BCUT2D eigenvalue weighted by Crippen LogP contribution is -2.06. The van der Waals surface area contributed by atoms with Gasteiger partial charge in [-0.05, 0) is 35.4 Å². The Morgan fingerprint density at radius 2 is 1.90 bits per heavy atom. The molecule has 0 atom stereocenters. The van der Waals surface area contributed by atoms with Crippen LogP contribution in [0.1, 0.15) is 0 Å². The molecule has 0 spiro atoms.